The number of H-pyrrole nitrogens is 1. The summed E-state index contributed by atoms with van der Waals surface area (Å²) in [6, 6.07) is 4.04. The first-order valence-corrected chi connectivity index (χ1v) is 9.64. The van der Waals surface area contributed by atoms with Crippen LogP contribution in [-0.4, -0.2) is 64.4 Å². The number of benzene rings is 1. The van der Waals surface area contributed by atoms with Crippen molar-refractivity contribution in [1.82, 2.24) is 20.2 Å². The highest BCUT2D eigenvalue weighted by Crippen LogP contribution is 2.20. The van der Waals surface area contributed by atoms with Gasteiger partial charge in [-0.1, -0.05) is 6.07 Å². The molecule has 0 saturated carbocycles. The van der Waals surface area contributed by atoms with Gasteiger partial charge in [0, 0.05) is 25.1 Å². The van der Waals surface area contributed by atoms with E-state index in [1.165, 1.54) is 17.0 Å². The molecule has 1 aliphatic rings. The SMILES string of the molecule is Cc1c(Cc2ccc(F)c(C(=O)N3CCN(OC(=O)C(F)(F)F)CC3)c2)n[nH]c(=O)c1C. The van der Waals surface area contributed by atoms with Gasteiger partial charge in [0.1, 0.15) is 5.82 Å². The predicted octanol–water partition coefficient (Wildman–Crippen LogP) is 1.89. The Labute approximate surface area is 179 Å². The first-order valence-electron chi connectivity index (χ1n) is 9.64. The van der Waals surface area contributed by atoms with E-state index >= 15 is 0 Å². The van der Waals surface area contributed by atoms with Crippen LogP contribution in [0.4, 0.5) is 17.6 Å². The maximum absolute atomic E-state index is 14.4. The third kappa shape index (κ3) is 5.13. The molecular weight excluding hydrogens is 436 g/mol. The number of rotatable bonds is 4. The third-order valence-corrected chi connectivity index (χ3v) is 5.23. The molecule has 0 bridgehead atoms. The van der Waals surface area contributed by atoms with E-state index < -0.39 is 23.9 Å². The van der Waals surface area contributed by atoms with Crippen molar-refractivity contribution in [3.05, 3.63) is 62.3 Å². The van der Waals surface area contributed by atoms with Gasteiger partial charge in [-0.25, -0.2) is 14.3 Å². The number of carbonyl (C=O) groups is 2. The van der Waals surface area contributed by atoms with Crippen LogP contribution in [0.1, 0.15) is 32.7 Å². The summed E-state index contributed by atoms with van der Waals surface area (Å²) >= 11 is 0. The Morgan fingerprint density at radius 2 is 1.78 bits per heavy atom. The standard InChI is InChI=1S/C20H20F4N4O4/c1-11-12(2)17(29)26-25-16(11)10-13-3-4-15(21)14(9-13)18(30)27-5-7-28(8-6-27)32-19(31)20(22,23)24/h3-4,9H,5-8,10H2,1-2H3,(H,26,29). The molecule has 1 aromatic carbocycles. The molecule has 172 valence electrons. The van der Waals surface area contributed by atoms with E-state index in [1.54, 1.807) is 13.8 Å². The summed E-state index contributed by atoms with van der Waals surface area (Å²) in [6.45, 7) is 3.02. The Hall–Kier alpha value is -3.28. The Bertz CT molecular complexity index is 1090. The average Bonchev–Trinajstić information content (AvgIpc) is 2.75. The highest BCUT2D eigenvalue weighted by Gasteiger charge is 2.43. The van der Waals surface area contributed by atoms with Crippen molar-refractivity contribution in [2.45, 2.75) is 26.4 Å². The van der Waals surface area contributed by atoms with Gasteiger partial charge in [0.25, 0.3) is 11.5 Å². The van der Waals surface area contributed by atoms with Gasteiger partial charge >= 0.3 is 12.1 Å². The normalized spacial score (nSPS) is 15.0. The zero-order chi connectivity index (χ0) is 23.6. The van der Waals surface area contributed by atoms with Crippen LogP contribution in [0.5, 0.6) is 0 Å². The highest BCUT2D eigenvalue weighted by molar-refractivity contribution is 5.94. The lowest BCUT2D eigenvalue weighted by Gasteiger charge is -2.33. The lowest BCUT2D eigenvalue weighted by molar-refractivity contribution is -0.241. The van der Waals surface area contributed by atoms with Crippen molar-refractivity contribution in [3.8, 4) is 0 Å². The summed E-state index contributed by atoms with van der Waals surface area (Å²) in [5.74, 6) is -3.71. The number of aromatic amines is 1. The fourth-order valence-corrected chi connectivity index (χ4v) is 3.21. The van der Waals surface area contributed by atoms with Crippen LogP contribution < -0.4 is 5.56 Å². The van der Waals surface area contributed by atoms with Gasteiger partial charge in [0.2, 0.25) is 0 Å². The number of hydrogen-bond acceptors (Lipinski definition) is 6. The highest BCUT2D eigenvalue weighted by atomic mass is 19.4. The summed E-state index contributed by atoms with van der Waals surface area (Å²) in [6.07, 6.45) is -4.86. The molecule has 1 aromatic heterocycles. The van der Waals surface area contributed by atoms with Crippen LogP contribution in [0.3, 0.4) is 0 Å². The number of alkyl halides is 3. The molecule has 12 heteroatoms. The Balaban J connectivity index is 1.70. The summed E-state index contributed by atoms with van der Waals surface area (Å²) in [7, 11) is 0. The first kappa shape index (κ1) is 23.4. The molecule has 1 amide bonds. The number of carbonyl (C=O) groups excluding carboxylic acids is 2. The van der Waals surface area contributed by atoms with Gasteiger partial charge in [-0.05, 0) is 37.1 Å². The molecule has 0 spiro atoms. The number of amides is 1. The molecular formula is C20H20F4N4O4. The van der Waals surface area contributed by atoms with Gasteiger partial charge in [0.05, 0.1) is 24.3 Å². The van der Waals surface area contributed by atoms with Crippen LogP contribution >= 0.6 is 0 Å². The van der Waals surface area contributed by atoms with Gasteiger partial charge in [-0.2, -0.15) is 18.3 Å². The average molecular weight is 456 g/mol. The second-order valence-electron chi connectivity index (χ2n) is 7.34. The minimum Gasteiger partial charge on any atom is -0.361 e. The number of nitrogens with one attached hydrogen (secondary N) is 1. The Kier molecular flexibility index (Phi) is 6.63. The summed E-state index contributed by atoms with van der Waals surface area (Å²) in [4.78, 5) is 40.9. The Morgan fingerprint density at radius 3 is 2.41 bits per heavy atom. The van der Waals surface area contributed by atoms with E-state index in [0.717, 1.165) is 11.1 Å². The molecule has 2 heterocycles. The zero-order valence-corrected chi connectivity index (χ0v) is 17.3. The third-order valence-electron chi connectivity index (χ3n) is 5.23. The number of piperazine rings is 1. The Morgan fingerprint density at radius 1 is 1.12 bits per heavy atom. The summed E-state index contributed by atoms with van der Waals surface area (Å²) in [5, 5.41) is 7.23. The second-order valence-corrected chi connectivity index (χ2v) is 7.34. The number of halogens is 4. The molecule has 2 aromatic rings. The largest absolute Gasteiger partial charge is 0.492 e. The van der Waals surface area contributed by atoms with Gasteiger partial charge in [-0.15, -0.1) is 5.06 Å². The molecule has 0 unspecified atom stereocenters. The second kappa shape index (κ2) is 9.07. The predicted molar refractivity (Wildman–Crippen MR) is 103 cm³/mol. The van der Waals surface area contributed by atoms with Crippen LogP contribution in [0.2, 0.25) is 0 Å². The van der Waals surface area contributed by atoms with Crippen molar-refractivity contribution >= 4 is 11.9 Å². The molecule has 0 radical (unpaired) electrons. The number of hydroxylamine groups is 2. The molecule has 3 rings (SSSR count). The van der Waals surface area contributed by atoms with E-state index in [1.807, 2.05) is 0 Å². The monoisotopic (exact) mass is 456 g/mol. The first-order chi connectivity index (χ1) is 15.0. The van der Waals surface area contributed by atoms with E-state index in [-0.39, 0.29) is 43.7 Å². The minimum atomic E-state index is -5.12. The lowest BCUT2D eigenvalue weighted by Crippen LogP contribution is -2.50. The molecule has 8 nitrogen and oxygen atoms in total. The quantitative estimate of drug-likeness (QED) is 0.707. The summed E-state index contributed by atoms with van der Waals surface area (Å²) in [5.41, 5.74) is 1.87. The molecule has 32 heavy (non-hydrogen) atoms. The van der Waals surface area contributed by atoms with Gasteiger partial charge < -0.3 is 9.74 Å². The van der Waals surface area contributed by atoms with Crippen LogP contribution in [0.15, 0.2) is 23.0 Å². The molecule has 1 N–H and O–H groups in total. The maximum atomic E-state index is 14.4. The number of hydrogen-bond donors (Lipinski definition) is 1. The molecule has 1 saturated heterocycles. The fraction of sp³-hybridized carbons (Fsp3) is 0.400. The van der Waals surface area contributed by atoms with Crippen molar-refractivity contribution in [3.63, 3.8) is 0 Å². The topological polar surface area (TPSA) is 95.6 Å². The molecule has 0 aliphatic carbocycles. The van der Waals surface area contributed by atoms with Gasteiger partial charge in [-0.3, -0.25) is 9.59 Å². The van der Waals surface area contributed by atoms with Crippen LogP contribution in [-0.2, 0) is 16.1 Å². The fourth-order valence-electron chi connectivity index (χ4n) is 3.21. The van der Waals surface area contributed by atoms with E-state index in [4.69, 9.17) is 0 Å². The number of aromatic nitrogens is 2. The van der Waals surface area contributed by atoms with Crippen LogP contribution in [0, 0.1) is 19.7 Å². The molecule has 1 fully saturated rings. The van der Waals surface area contributed by atoms with Crippen molar-refractivity contribution in [2.75, 3.05) is 26.2 Å². The summed E-state index contributed by atoms with van der Waals surface area (Å²) < 4.78 is 51.3. The minimum absolute atomic E-state index is 0.0482. The molecule has 0 atom stereocenters. The maximum Gasteiger partial charge on any atom is 0.492 e. The smallest absolute Gasteiger partial charge is 0.361 e. The van der Waals surface area contributed by atoms with Crippen molar-refractivity contribution < 1.29 is 32.0 Å². The van der Waals surface area contributed by atoms with Crippen molar-refractivity contribution in [1.29, 1.82) is 0 Å². The van der Waals surface area contributed by atoms with Gasteiger partial charge in [0.15, 0.2) is 0 Å². The van der Waals surface area contributed by atoms with E-state index in [0.29, 0.717) is 22.4 Å². The lowest BCUT2D eigenvalue weighted by atomic mass is 10.0. The molecule has 1 aliphatic heterocycles. The van der Waals surface area contributed by atoms with E-state index in [9.17, 15) is 31.9 Å². The van der Waals surface area contributed by atoms with Crippen molar-refractivity contribution in [2.24, 2.45) is 0 Å². The zero-order valence-electron chi connectivity index (χ0n) is 17.3. The van der Waals surface area contributed by atoms with Crippen LogP contribution in [0.25, 0.3) is 0 Å². The number of nitrogens with zero attached hydrogens (tertiary/aromatic N) is 3. The van der Waals surface area contributed by atoms with E-state index in [2.05, 4.69) is 15.0 Å².